The van der Waals surface area contributed by atoms with Crippen LogP contribution in [0, 0.1) is 16.0 Å². The van der Waals surface area contributed by atoms with E-state index in [4.69, 9.17) is 0 Å². The minimum atomic E-state index is -0.388. The predicted octanol–water partition coefficient (Wildman–Crippen LogP) is 3.17. The summed E-state index contributed by atoms with van der Waals surface area (Å²) >= 11 is 0. The molecule has 3 rings (SSSR count). The van der Waals surface area contributed by atoms with E-state index in [0.29, 0.717) is 17.6 Å². The van der Waals surface area contributed by atoms with Crippen LogP contribution in [-0.2, 0) is 0 Å². The maximum Gasteiger partial charge on any atom is 0.271 e. The van der Waals surface area contributed by atoms with E-state index in [1.165, 1.54) is 25.3 Å². The van der Waals surface area contributed by atoms with Crippen LogP contribution in [0.3, 0.4) is 0 Å². The van der Waals surface area contributed by atoms with Gasteiger partial charge in [-0.05, 0) is 24.8 Å². The molecule has 7 heteroatoms. The first-order chi connectivity index (χ1) is 10.6. The van der Waals surface area contributed by atoms with E-state index in [-0.39, 0.29) is 10.6 Å². The minimum Gasteiger partial charge on any atom is -0.380 e. The molecule has 116 valence electrons. The van der Waals surface area contributed by atoms with E-state index in [9.17, 15) is 10.1 Å². The Labute approximate surface area is 128 Å². The zero-order valence-electron chi connectivity index (χ0n) is 12.5. The number of rotatable bonds is 4. The Morgan fingerprint density at radius 2 is 2.00 bits per heavy atom. The van der Waals surface area contributed by atoms with Crippen molar-refractivity contribution < 1.29 is 4.92 Å². The number of anilines is 1. The van der Waals surface area contributed by atoms with E-state index in [2.05, 4.69) is 22.4 Å². The van der Waals surface area contributed by atoms with Crippen molar-refractivity contribution in [3.05, 3.63) is 41.0 Å². The Bertz CT molecular complexity index is 656. The standard InChI is InChI=1S/C15H19N5O2/c1-11-4-2-3-5-13(11)18-14-7-6-12(20(21)22)8-15(14)19-9-16-17-10-19/h6-11,13,18H,2-5H2,1H3/t11-,13+/m1/s1. The number of nitro benzene ring substituents is 1. The first-order valence-electron chi connectivity index (χ1n) is 7.55. The molecular weight excluding hydrogens is 282 g/mol. The van der Waals surface area contributed by atoms with Gasteiger partial charge < -0.3 is 5.32 Å². The highest BCUT2D eigenvalue weighted by molar-refractivity contribution is 5.65. The molecule has 22 heavy (non-hydrogen) atoms. The van der Waals surface area contributed by atoms with Crippen LogP contribution >= 0.6 is 0 Å². The molecule has 1 aromatic carbocycles. The summed E-state index contributed by atoms with van der Waals surface area (Å²) in [5.74, 6) is 0.595. The van der Waals surface area contributed by atoms with E-state index in [0.717, 1.165) is 12.1 Å². The van der Waals surface area contributed by atoms with Crippen molar-refractivity contribution in [2.45, 2.75) is 38.6 Å². The van der Waals surface area contributed by atoms with Crippen LogP contribution in [0.5, 0.6) is 0 Å². The zero-order valence-corrected chi connectivity index (χ0v) is 12.5. The maximum absolute atomic E-state index is 11.0. The Morgan fingerprint density at radius 1 is 1.27 bits per heavy atom. The molecule has 7 nitrogen and oxygen atoms in total. The second-order valence-electron chi connectivity index (χ2n) is 5.84. The molecule has 1 N–H and O–H groups in total. The number of non-ortho nitro benzene ring substituents is 1. The molecule has 0 amide bonds. The lowest BCUT2D eigenvalue weighted by Gasteiger charge is -2.31. The van der Waals surface area contributed by atoms with Crippen LogP contribution in [-0.4, -0.2) is 25.7 Å². The molecule has 1 saturated carbocycles. The van der Waals surface area contributed by atoms with Crippen molar-refractivity contribution >= 4 is 11.4 Å². The van der Waals surface area contributed by atoms with Crippen LogP contribution < -0.4 is 5.32 Å². The molecule has 1 heterocycles. The average Bonchev–Trinajstić information content (AvgIpc) is 3.04. The van der Waals surface area contributed by atoms with E-state index in [1.807, 2.05) is 0 Å². The van der Waals surface area contributed by atoms with E-state index in [1.54, 1.807) is 29.4 Å². The Kier molecular flexibility index (Phi) is 4.04. The first kappa shape index (κ1) is 14.5. The summed E-state index contributed by atoms with van der Waals surface area (Å²) in [7, 11) is 0. The second-order valence-corrected chi connectivity index (χ2v) is 5.84. The van der Waals surface area contributed by atoms with Gasteiger partial charge in [-0.1, -0.05) is 19.8 Å². The Hall–Kier alpha value is -2.44. The van der Waals surface area contributed by atoms with Crippen LogP contribution in [0.1, 0.15) is 32.6 Å². The van der Waals surface area contributed by atoms with Crippen molar-refractivity contribution in [1.82, 2.24) is 14.8 Å². The molecule has 0 unspecified atom stereocenters. The van der Waals surface area contributed by atoms with Crippen LogP contribution in [0.2, 0.25) is 0 Å². The molecule has 0 radical (unpaired) electrons. The molecule has 1 fully saturated rings. The van der Waals surface area contributed by atoms with Crippen molar-refractivity contribution in [1.29, 1.82) is 0 Å². The molecule has 1 aliphatic rings. The number of benzene rings is 1. The van der Waals surface area contributed by atoms with Gasteiger partial charge in [0, 0.05) is 18.2 Å². The lowest BCUT2D eigenvalue weighted by atomic mass is 9.86. The summed E-state index contributed by atoms with van der Waals surface area (Å²) in [5, 5.41) is 22.2. The first-order valence-corrected chi connectivity index (χ1v) is 7.55. The highest BCUT2D eigenvalue weighted by atomic mass is 16.6. The van der Waals surface area contributed by atoms with Crippen molar-refractivity contribution in [3.63, 3.8) is 0 Å². The van der Waals surface area contributed by atoms with Crippen LogP contribution in [0.4, 0.5) is 11.4 Å². The van der Waals surface area contributed by atoms with Gasteiger partial charge in [-0.2, -0.15) is 0 Å². The fraction of sp³-hybridized carbons (Fsp3) is 0.467. The number of nitro groups is 1. The highest BCUT2D eigenvalue weighted by Crippen LogP contribution is 2.31. The number of hydrogen-bond donors (Lipinski definition) is 1. The Balaban J connectivity index is 1.94. The molecule has 1 aromatic heterocycles. The molecule has 2 aromatic rings. The van der Waals surface area contributed by atoms with Gasteiger partial charge in [0.05, 0.1) is 16.3 Å². The van der Waals surface area contributed by atoms with Gasteiger partial charge in [0.1, 0.15) is 12.7 Å². The van der Waals surface area contributed by atoms with Crippen molar-refractivity contribution in [3.8, 4) is 5.69 Å². The summed E-state index contributed by atoms with van der Waals surface area (Å²) in [6, 6.07) is 5.25. The Morgan fingerprint density at radius 3 is 2.68 bits per heavy atom. The molecule has 2 atom stereocenters. The van der Waals surface area contributed by atoms with Crippen LogP contribution in [0.15, 0.2) is 30.9 Å². The second kappa shape index (κ2) is 6.13. The molecule has 1 aliphatic carbocycles. The number of nitrogens with zero attached hydrogens (tertiary/aromatic N) is 4. The third-order valence-electron chi connectivity index (χ3n) is 4.34. The van der Waals surface area contributed by atoms with E-state index < -0.39 is 0 Å². The van der Waals surface area contributed by atoms with Gasteiger partial charge in [-0.15, -0.1) is 10.2 Å². The van der Waals surface area contributed by atoms with Crippen molar-refractivity contribution in [2.75, 3.05) is 5.32 Å². The summed E-state index contributed by atoms with van der Waals surface area (Å²) in [5.41, 5.74) is 1.65. The summed E-state index contributed by atoms with van der Waals surface area (Å²) in [4.78, 5) is 10.6. The normalized spacial score (nSPS) is 21.5. The molecule has 0 bridgehead atoms. The molecular formula is C15H19N5O2. The largest absolute Gasteiger partial charge is 0.380 e. The van der Waals surface area contributed by atoms with Gasteiger partial charge >= 0.3 is 0 Å². The minimum absolute atomic E-state index is 0.0611. The predicted molar refractivity (Wildman–Crippen MR) is 83.1 cm³/mol. The summed E-state index contributed by atoms with van der Waals surface area (Å²) in [6.07, 6.45) is 7.93. The SMILES string of the molecule is C[C@@H]1CCCC[C@@H]1Nc1ccc([N+](=O)[O-])cc1-n1cnnc1. The van der Waals surface area contributed by atoms with Crippen LogP contribution in [0.25, 0.3) is 5.69 Å². The maximum atomic E-state index is 11.0. The lowest BCUT2D eigenvalue weighted by molar-refractivity contribution is -0.384. The van der Waals surface area contributed by atoms with Gasteiger partial charge in [0.25, 0.3) is 5.69 Å². The van der Waals surface area contributed by atoms with Crippen molar-refractivity contribution in [2.24, 2.45) is 5.92 Å². The molecule has 0 aliphatic heterocycles. The number of hydrogen-bond acceptors (Lipinski definition) is 5. The van der Waals surface area contributed by atoms with Gasteiger partial charge in [-0.3, -0.25) is 14.7 Å². The van der Waals surface area contributed by atoms with Gasteiger partial charge in [-0.25, -0.2) is 0 Å². The zero-order chi connectivity index (χ0) is 15.5. The number of nitrogens with one attached hydrogen (secondary N) is 1. The third kappa shape index (κ3) is 2.93. The summed E-state index contributed by atoms with van der Waals surface area (Å²) < 4.78 is 1.70. The quantitative estimate of drug-likeness (QED) is 0.692. The van der Waals surface area contributed by atoms with E-state index >= 15 is 0 Å². The topological polar surface area (TPSA) is 85.9 Å². The van der Waals surface area contributed by atoms with Gasteiger partial charge in [0.15, 0.2) is 0 Å². The molecule has 0 saturated heterocycles. The van der Waals surface area contributed by atoms with Gasteiger partial charge in [0.2, 0.25) is 0 Å². The molecule has 0 spiro atoms. The third-order valence-corrected chi connectivity index (χ3v) is 4.34. The fourth-order valence-electron chi connectivity index (χ4n) is 3.02. The fourth-order valence-corrected chi connectivity index (χ4v) is 3.02. The summed E-state index contributed by atoms with van der Waals surface area (Å²) in [6.45, 7) is 2.25. The average molecular weight is 301 g/mol. The highest BCUT2D eigenvalue weighted by Gasteiger charge is 2.22. The lowest BCUT2D eigenvalue weighted by Crippen LogP contribution is -2.30. The number of aromatic nitrogens is 3. The smallest absolute Gasteiger partial charge is 0.271 e. The monoisotopic (exact) mass is 301 g/mol.